The third-order valence-corrected chi connectivity index (χ3v) is 6.20. The summed E-state index contributed by atoms with van der Waals surface area (Å²) in [6.45, 7) is 0.485. The van der Waals surface area contributed by atoms with Gasteiger partial charge in [-0.15, -0.1) is 23.4 Å². The first-order chi connectivity index (χ1) is 12.2. The van der Waals surface area contributed by atoms with Crippen LogP contribution in [-0.2, 0) is 10.0 Å². The molecule has 0 aliphatic carbocycles. The largest absolute Gasteiger partial charge is 0.573 e. The van der Waals surface area contributed by atoms with Gasteiger partial charge >= 0.3 is 6.36 Å². The van der Waals surface area contributed by atoms with Crippen molar-refractivity contribution in [1.82, 2.24) is 14.5 Å². The molecule has 1 aromatic carbocycles. The van der Waals surface area contributed by atoms with Crippen molar-refractivity contribution in [2.24, 2.45) is 0 Å². The summed E-state index contributed by atoms with van der Waals surface area (Å²) in [7, 11) is -3.79. The SMILES string of the molecule is O=S(=O)(c1ccc(OC(F)(F)F)cc1)N1CCC(Oc2nncs2)CC1. The van der Waals surface area contributed by atoms with Gasteiger partial charge in [0.25, 0.3) is 5.19 Å². The Morgan fingerprint density at radius 2 is 1.81 bits per heavy atom. The molecule has 0 saturated carbocycles. The van der Waals surface area contributed by atoms with E-state index in [-0.39, 0.29) is 24.1 Å². The summed E-state index contributed by atoms with van der Waals surface area (Å²) in [6, 6.07) is 4.15. The molecule has 142 valence electrons. The lowest BCUT2D eigenvalue weighted by Crippen LogP contribution is -2.41. The molecule has 1 aromatic heterocycles. The quantitative estimate of drug-likeness (QED) is 0.755. The molecule has 7 nitrogen and oxygen atoms in total. The summed E-state index contributed by atoms with van der Waals surface area (Å²) in [6.07, 6.45) is -4.02. The average Bonchev–Trinajstić information content (AvgIpc) is 3.07. The molecule has 12 heteroatoms. The Kier molecular flexibility index (Phi) is 5.34. The van der Waals surface area contributed by atoms with Crippen LogP contribution in [0.25, 0.3) is 0 Å². The highest BCUT2D eigenvalue weighted by atomic mass is 32.2. The molecule has 0 spiro atoms. The van der Waals surface area contributed by atoms with E-state index in [1.54, 1.807) is 5.51 Å². The van der Waals surface area contributed by atoms with Gasteiger partial charge in [-0.2, -0.15) is 4.31 Å². The fourth-order valence-electron chi connectivity index (χ4n) is 2.51. The lowest BCUT2D eigenvalue weighted by molar-refractivity contribution is -0.274. The molecule has 1 aliphatic heterocycles. The van der Waals surface area contributed by atoms with Gasteiger partial charge in [-0.25, -0.2) is 8.42 Å². The molecule has 2 heterocycles. The zero-order chi connectivity index (χ0) is 18.8. The summed E-state index contributed by atoms with van der Waals surface area (Å²) >= 11 is 1.26. The minimum atomic E-state index is -4.82. The minimum absolute atomic E-state index is 0.0875. The molecule has 0 bridgehead atoms. The van der Waals surface area contributed by atoms with Gasteiger partial charge in [-0.05, 0) is 37.1 Å². The topological polar surface area (TPSA) is 81.6 Å². The van der Waals surface area contributed by atoms with E-state index >= 15 is 0 Å². The summed E-state index contributed by atoms with van der Waals surface area (Å²) in [4.78, 5) is -0.0875. The first-order valence-corrected chi connectivity index (χ1v) is 9.85. The highest BCUT2D eigenvalue weighted by Crippen LogP contribution is 2.27. The normalized spacial score (nSPS) is 17.2. The zero-order valence-electron chi connectivity index (χ0n) is 13.2. The van der Waals surface area contributed by atoms with Gasteiger partial charge in [0.05, 0.1) is 4.90 Å². The summed E-state index contributed by atoms with van der Waals surface area (Å²) in [5.74, 6) is -0.472. The number of sulfonamides is 1. The molecular formula is C14H14F3N3O4S2. The minimum Gasteiger partial charge on any atom is -0.466 e. The van der Waals surface area contributed by atoms with Crippen LogP contribution in [0.1, 0.15) is 12.8 Å². The molecule has 3 rings (SSSR count). The van der Waals surface area contributed by atoms with Gasteiger partial charge in [0.2, 0.25) is 10.0 Å². The third-order valence-electron chi connectivity index (χ3n) is 3.70. The Morgan fingerprint density at radius 1 is 1.15 bits per heavy atom. The smallest absolute Gasteiger partial charge is 0.466 e. The number of nitrogens with zero attached hydrogens (tertiary/aromatic N) is 3. The number of aromatic nitrogens is 2. The first-order valence-electron chi connectivity index (χ1n) is 7.53. The third kappa shape index (κ3) is 4.62. The number of hydrogen-bond acceptors (Lipinski definition) is 7. The maximum Gasteiger partial charge on any atom is 0.573 e. The number of rotatable bonds is 5. The van der Waals surface area contributed by atoms with E-state index < -0.39 is 22.1 Å². The highest BCUT2D eigenvalue weighted by Gasteiger charge is 2.32. The summed E-state index contributed by atoms with van der Waals surface area (Å²) in [5, 5.41) is 7.89. The van der Waals surface area contributed by atoms with Gasteiger partial charge in [0.1, 0.15) is 17.4 Å². The van der Waals surface area contributed by atoms with Crippen molar-refractivity contribution in [3.05, 3.63) is 29.8 Å². The van der Waals surface area contributed by atoms with Crippen LogP contribution < -0.4 is 9.47 Å². The Hall–Kier alpha value is -1.92. The molecule has 0 N–H and O–H groups in total. The maximum atomic E-state index is 12.6. The van der Waals surface area contributed by atoms with Crippen LogP contribution >= 0.6 is 11.3 Å². The standard InChI is InChI=1S/C14H14F3N3O4S2/c15-14(16,17)24-11-1-3-12(4-2-11)26(21,22)20-7-5-10(6-8-20)23-13-19-18-9-25-13/h1-4,9-10H,5-8H2. The highest BCUT2D eigenvalue weighted by molar-refractivity contribution is 7.89. The molecule has 1 saturated heterocycles. The predicted octanol–water partition coefficient (Wildman–Crippen LogP) is 2.67. The predicted molar refractivity (Wildman–Crippen MR) is 85.4 cm³/mol. The number of hydrogen-bond donors (Lipinski definition) is 0. The number of piperidine rings is 1. The van der Waals surface area contributed by atoms with Crippen molar-refractivity contribution < 1.29 is 31.1 Å². The Balaban J connectivity index is 1.62. The van der Waals surface area contributed by atoms with Crippen LogP contribution in [0.2, 0.25) is 0 Å². The van der Waals surface area contributed by atoms with E-state index in [2.05, 4.69) is 14.9 Å². The van der Waals surface area contributed by atoms with Crippen LogP contribution in [0.5, 0.6) is 10.9 Å². The lowest BCUT2D eigenvalue weighted by atomic mass is 10.1. The number of ether oxygens (including phenoxy) is 2. The monoisotopic (exact) mass is 409 g/mol. The number of alkyl halides is 3. The average molecular weight is 409 g/mol. The summed E-state index contributed by atoms with van der Waals surface area (Å²) < 4.78 is 72.4. The van der Waals surface area contributed by atoms with Gasteiger partial charge in [0, 0.05) is 13.1 Å². The fraction of sp³-hybridized carbons (Fsp3) is 0.429. The van der Waals surface area contributed by atoms with Crippen molar-refractivity contribution in [2.45, 2.75) is 30.2 Å². The van der Waals surface area contributed by atoms with Gasteiger partial charge in [-0.1, -0.05) is 11.3 Å². The second-order valence-electron chi connectivity index (χ2n) is 5.45. The summed E-state index contributed by atoms with van der Waals surface area (Å²) in [5.41, 5.74) is 1.54. The molecule has 0 unspecified atom stereocenters. The van der Waals surface area contributed by atoms with Crippen molar-refractivity contribution in [3.63, 3.8) is 0 Å². The Morgan fingerprint density at radius 3 is 2.35 bits per heavy atom. The number of halogens is 3. The van der Waals surface area contributed by atoms with Crippen LogP contribution in [0.4, 0.5) is 13.2 Å². The second-order valence-corrected chi connectivity index (χ2v) is 8.18. The molecule has 1 aliphatic rings. The van der Waals surface area contributed by atoms with E-state index in [1.807, 2.05) is 0 Å². The van der Waals surface area contributed by atoms with E-state index in [9.17, 15) is 21.6 Å². The molecule has 0 amide bonds. The van der Waals surface area contributed by atoms with E-state index in [0.29, 0.717) is 18.0 Å². The van der Waals surface area contributed by atoms with E-state index in [1.165, 1.54) is 15.6 Å². The Bertz CT molecular complexity index is 818. The van der Waals surface area contributed by atoms with Crippen LogP contribution in [-0.4, -0.2) is 48.5 Å². The lowest BCUT2D eigenvalue weighted by Gasteiger charge is -2.30. The molecule has 1 fully saturated rings. The van der Waals surface area contributed by atoms with Crippen molar-refractivity contribution >= 4 is 21.4 Å². The molecular weight excluding hydrogens is 395 g/mol. The molecule has 0 atom stereocenters. The van der Waals surface area contributed by atoms with Gasteiger partial charge in [-0.3, -0.25) is 0 Å². The van der Waals surface area contributed by atoms with Crippen molar-refractivity contribution in [1.29, 1.82) is 0 Å². The number of benzene rings is 1. The van der Waals surface area contributed by atoms with E-state index in [4.69, 9.17) is 4.74 Å². The maximum absolute atomic E-state index is 12.6. The van der Waals surface area contributed by atoms with Crippen molar-refractivity contribution in [3.8, 4) is 10.9 Å². The Labute approximate surface area is 151 Å². The van der Waals surface area contributed by atoms with E-state index in [0.717, 1.165) is 24.3 Å². The van der Waals surface area contributed by atoms with Crippen LogP contribution in [0, 0.1) is 0 Å². The second kappa shape index (κ2) is 7.37. The van der Waals surface area contributed by atoms with Crippen molar-refractivity contribution in [2.75, 3.05) is 13.1 Å². The van der Waals surface area contributed by atoms with Crippen LogP contribution in [0.15, 0.2) is 34.7 Å². The fourth-order valence-corrected chi connectivity index (χ4v) is 4.45. The molecule has 26 heavy (non-hydrogen) atoms. The molecule has 2 aromatic rings. The zero-order valence-corrected chi connectivity index (χ0v) is 14.9. The first kappa shape index (κ1) is 18.9. The van der Waals surface area contributed by atoms with Gasteiger partial charge in [0.15, 0.2) is 0 Å². The van der Waals surface area contributed by atoms with Gasteiger partial charge < -0.3 is 9.47 Å². The molecule has 0 radical (unpaired) electrons. The van der Waals surface area contributed by atoms with Crippen LogP contribution in [0.3, 0.4) is 0 Å².